The molecule has 0 aliphatic carbocycles. The number of hydrogen-bond donors (Lipinski definition) is 2. The fraction of sp³-hybridized carbons (Fsp3) is 0.545. The summed E-state index contributed by atoms with van der Waals surface area (Å²) in [6, 6.07) is 1.61. The van der Waals surface area contributed by atoms with E-state index in [1.54, 1.807) is 11.4 Å². The topological polar surface area (TPSA) is 72.3 Å². The number of hydrogen-bond acceptors (Lipinski definition) is 4. The molecule has 0 radical (unpaired) electrons. The fourth-order valence-electron chi connectivity index (χ4n) is 1.20. The molecule has 0 bridgehead atoms. The summed E-state index contributed by atoms with van der Waals surface area (Å²) in [5, 5.41) is 2.22. The maximum atomic E-state index is 10.4. The summed E-state index contributed by atoms with van der Waals surface area (Å²) in [6.45, 7) is 10.1. The normalized spacial score (nSPS) is 9.75. The number of primary amides is 1. The summed E-state index contributed by atoms with van der Waals surface area (Å²) in [5.41, 5.74) is 10.7. The van der Waals surface area contributed by atoms with Gasteiger partial charge in [-0.2, -0.15) is 0 Å². The molecule has 1 aromatic heterocycles. The van der Waals surface area contributed by atoms with E-state index in [0.29, 0.717) is 10.6 Å². The van der Waals surface area contributed by atoms with Crippen LogP contribution < -0.4 is 11.5 Å². The Balaban J connectivity index is 0.000000293. The zero-order valence-corrected chi connectivity index (χ0v) is 11.0. The smallest absolute Gasteiger partial charge is 0.251 e. The number of rotatable bonds is 4. The summed E-state index contributed by atoms with van der Waals surface area (Å²) in [4.78, 5) is 12.8. The summed E-state index contributed by atoms with van der Waals surface area (Å²) in [5.74, 6) is -0.464. The molecule has 1 amide bonds. The third-order valence-electron chi connectivity index (χ3n) is 2.30. The molecule has 1 heterocycles. The van der Waals surface area contributed by atoms with Crippen molar-refractivity contribution >= 4 is 22.2 Å². The lowest BCUT2D eigenvalue weighted by atomic mass is 10.3. The molecule has 0 saturated carbocycles. The van der Waals surface area contributed by atoms with E-state index in [9.17, 15) is 4.79 Å². The van der Waals surface area contributed by atoms with Gasteiger partial charge in [-0.3, -0.25) is 4.79 Å². The monoisotopic (exact) mass is 243 g/mol. The minimum absolute atomic E-state index is 0.417. The number of carbonyl (C=O) groups excluding carboxylic acids is 1. The molecular weight excluding hydrogens is 222 g/mol. The minimum Gasteiger partial charge on any atom is -0.390 e. The van der Waals surface area contributed by atoms with Gasteiger partial charge in [-0.15, -0.1) is 11.3 Å². The number of amides is 1. The van der Waals surface area contributed by atoms with Gasteiger partial charge in [0.25, 0.3) is 5.91 Å². The van der Waals surface area contributed by atoms with Gasteiger partial charge in [0.2, 0.25) is 0 Å². The van der Waals surface area contributed by atoms with Crippen LogP contribution in [0.5, 0.6) is 0 Å². The van der Waals surface area contributed by atoms with Crippen LogP contribution in [0.25, 0.3) is 0 Å². The van der Waals surface area contributed by atoms with Gasteiger partial charge in [-0.25, -0.2) is 0 Å². The lowest BCUT2D eigenvalue weighted by Gasteiger charge is -2.13. The minimum atomic E-state index is -0.464. The van der Waals surface area contributed by atoms with Gasteiger partial charge in [-0.1, -0.05) is 20.8 Å². The molecule has 0 atom stereocenters. The van der Waals surface area contributed by atoms with Gasteiger partial charge in [-0.05, 0) is 31.1 Å². The molecule has 0 unspecified atom stereocenters. The Morgan fingerprint density at radius 1 is 1.31 bits per heavy atom. The molecule has 92 valence electrons. The maximum Gasteiger partial charge on any atom is 0.251 e. The van der Waals surface area contributed by atoms with Gasteiger partial charge in [0.05, 0.1) is 10.6 Å². The quantitative estimate of drug-likeness (QED) is 0.846. The first-order valence-corrected chi connectivity index (χ1v) is 6.29. The van der Waals surface area contributed by atoms with Crippen molar-refractivity contribution in [2.75, 3.05) is 25.4 Å². The van der Waals surface area contributed by atoms with Gasteiger partial charge >= 0.3 is 0 Å². The molecule has 4 nitrogen and oxygen atoms in total. The molecule has 0 fully saturated rings. The summed E-state index contributed by atoms with van der Waals surface area (Å²) < 4.78 is 0. The van der Waals surface area contributed by atoms with E-state index in [1.807, 2.05) is 0 Å². The van der Waals surface area contributed by atoms with Crippen molar-refractivity contribution < 1.29 is 4.79 Å². The largest absolute Gasteiger partial charge is 0.390 e. The maximum absolute atomic E-state index is 10.4. The van der Waals surface area contributed by atoms with Crippen molar-refractivity contribution in [2.24, 2.45) is 5.73 Å². The first-order chi connectivity index (χ1) is 7.56. The molecule has 0 aliphatic heterocycles. The van der Waals surface area contributed by atoms with Crippen LogP contribution in [0.15, 0.2) is 11.4 Å². The number of nitrogen functional groups attached to an aromatic ring is 1. The highest BCUT2D eigenvalue weighted by molar-refractivity contribution is 7.14. The molecule has 1 rings (SSSR count). The van der Waals surface area contributed by atoms with Crippen LogP contribution in [-0.2, 0) is 0 Å². The van der Waals surface area contributed by atoms with E-state index >= 15 is 0 Å². The zero-order chi connectivity index (χ0) is 12.6. The van der Waals surface area contributed by atoms with E-state index in [4.69, 9.17) is 11.5 Å². The Morgan fingerprint density at radius 3 is 1.94 bits per heavy atom. The average molecular weight is 243 g/mol. The molecule has 0 aliphatic rings. The Bertz CT molecular complexity index is 302. The highest BCUT2D eigenvalue weighted by atomic mass is 32.1. The van der Waals surface area contributed by atoms with Crippen molar-refractivity contribution in [1.29, 1.82) is 0 Å². The van der Waals surface area contributed by atoms with Crippen molar-refractivity contribution in [1.82, 2.24) is 4.90 Å². The predicted octanol–water partition coefficient (Wildman–Crippen LogP) is 1.78. The number of nitrogens with two attached hydrogens (primary N) is 2. The van der Waals surface area contributed by atoms with Gasteiger partial charge in [0.15, 0.2) is 0 Å². The van der Waals surface area contributed by atoms with E-state index < -0.39 is 5.91 Å². The van der Waals surface area contributed by atoms with E-state index in [0.717, 1.165) is 0 Å². The van der Waals surface area contributed by atoms with Crippen molar-refractivity contribution in [3.05, 3.63) is 17.0 Å². The molecule has 0 aromatic carbocycles. The van der Waals surface area contributed by atoms with Crippen molar-refractivity contribution in [3.8, 4) is 0 Å². The molecule has 16 heavy (non-hydrogen) atoms. The van der Waals surface area contributed by atoms with Crippen molar-refractivity contribution in [2.45, 2.75) is 20.8 Å². The Kier molecular flexibility index (Phi) is 7.58. The van der Waals surface area contributed by atoms with Crippen LogP contribution in [0.2, 0.25) is 0 Å². The lowest BCUT2D eigenvalue weighted by Crippen LogP contribution is -2.21. The number of anilines is 1. The third kappa shape index (κ3) is 5.14. The lowest BCUT2D eigenvalue weighted by molar-refractivity contribution is 0.100. The first kappa shape index (κ1) is 14.9. The molecule has 0 saturated heterocycles. The Morgan fingerprint density at radius 2 is 1.81 bits per heavy atom. The zero-order valence-electron chi connectivity index (χ0n) is 10.2. The first-order valence-electron chi connectivity index (χ1n) is 5.41. The number of nitrogens with zero attached hydrogens (tertiary/aromatic N) is 1. The fourth-order valence-corrected chi connectivity index (χ4v) is 1.84. The van der Waals surface area contributed by atoms with E-state index in [1.165, 1.54) is 31.0 Å². The molecule has 4 N–H and O–H groups in total. The van der Waals surface area contributed by atoms with Crippen molar-refractivity contribution in [3.63, 3.8) is 0 Å². The third-order valence-corrected chi connectivity index (χ3v) is 3.05. The summed E-state index contributed by atoms with van der Waals surface area (Å²) in [6.07, 6.45) is 0. The van der Waals surface area contributed by atoms with Gasteiger partial charge in [0.1, 0.15) is 0 Å². The van der Waals surface area contributed by atoms with Crippen LogP contribution >= 0.6 is 11.3 Å². The van der Waals surface area contributed by atoms with Crippen LogP contribution in [0.3, 0.4) is 0 Å². The SMILES string of the molecule is CCN(CC)CC.NC(=O)c1ccsc1N. The Labute approximate surface area is 101 Å². The van der Waals surface area contributed by atoms with Gasteiger partial charge in [0, 0.05) is 0 Å². The second-order valence-electron chi connectivity index (χ2n) is 3.18. The molecule has 0 spiro atoms. The second kappa shape index (κ2) is 8.13. The van der Waals surface area contributed by atoms with Crippen LogP contribution in [0.1, 0.15) is 31.1 Å². The number of carbonyl (C=O) groups is 1. The predicted molar refractivity (Wildman–Crippen MR) is 70.7 cm³/mol. The standard InChI is InChI=1S/C6H15N.C5H6N2OS/c1-4-7(5-2)6-3;6-4(8)3-1-2-9-5(3)7/h4-6H2,1-3H3;1-2H,7H2,(H2,6,8). The Hall–Kier alpha value is -1.07. The van der Waals surface area contributed by atoms with Gasteiger partial charge < -0.3 is 16.4 Å². The molecule has 5 heteroatoms. The second-order valence-corrected chi connectivity index (χ2v) is 4.13. The number of thiophene rings is 1. The average Bonchev–Trinajstić information content (AvgIpc) is 2.68. The van der Waals surface area contributed by atoms with Crippen LogP contribution in [0.4, 0.5) is 5.00 Å². The highest BCUT2D eigenvalue weighted by Gasteiger charge is 2.04. The molecule has 1 aromatic rings. The molecular formula is C11H21N3OS. The van der Waals surface area contributed by atoms with E-state index in [-0.39, 0.29) is 0 Å². The highest BCUT2D eigenvalue weighted by Crippen LogP contribution is 2.17. The van der Waals surface area contributed by atoms with Crippen LogP contribution in [0, 0.1) is 0 Å². The van der Waals surface area contributed by atoms with Crippen LogP contribution in [-0.4, -0.2) is 30.4 Å². The summed E-state index contributed by atoms with van der Waals surface area (Å²) in [7, 11) is 0. The summed E-state index contributed by atoms with van der Waals surface area (Å²) >= 11 is 1.31. The van der Waals surface area contributed by atoms with E-state index in [2.05, 4.69) is 25.7 Å².